The maximum atomic E-state index is 13.3. The molecule has 1 aliphatic heterocycles. The Morgan fingerprint density at radius 3 is 2.45 bits per heavy atom. The summed E-state index contributed by atoms with van der Waals surface area (Å²) in [5.41, 5.74) is -0.931. The van der Waals surface area contributed by atoms with Gasteiger partial charge in [-0.3, -0.25) is 4.79 Å². The number of esters is 2. The number of rotatable bonds is 13. The fraction of sp³-hybridized carbons (Fsp3) is 0.750. The molecule has 1 unspecified atom stereocenters. The van der Waals surface area contributed by atoms with Crippen LogP contribution >= 0.6 is 0 Å². The minimum absolute atomic E-state index is 0.210. The van der Waals surface area contributed by atoms with Crippen LogP contribution in [0.15, 0.2) is 42.0 Å². The molecule has 7 heteroatoms. The summed E-state index contributed by atoms with van der Waals surface area (Å²) < 4.78 is 11.4. The van der Waals surface area contributed by atoms with E-state index in [-0.39, 0.29) is 29.9 Å². The van der Waals surface area contributed by atoms with Gasteiger partial charge in [0, 0.05) is 18.9 Å². The number of carbonyl (C=O) groups is 2. The van der Waals surface area contributed by atoms with E-state index in [1.165, 1.54) is 25.0 Å². The molecule has 47 heavy (non-hydrogen) atoms. The van der Waals surface area contributed by atoms with Crippen LogP contribution in [0.3, 0.4) is 0 Å². The number of fused-ring (bicyclic) bond motifs is 1. The minimum Gasteiger partial charge on any atom is -0.462 e. The summed E-state index contributed by atoms with van der Waals surface area (Å²) in [6.45, 7) is 8.17. The summed E-state index contributed by atoms with van der Waals surface area (Å²) in [7, 11) is 0. The van der Waals surface area contributed by atoms with Gasteiger partial charge in [0.2, 0.25) is 0 Å². The molecular formula is C40H60O7. The predicted octanol–water partition coefficient (Wildman–Crippen LogP) is 7.10. The van der Waals surface area contributed by atoms with Gasteiger partial charge in [0.25, 0.3) is 0 Å². The lowest BCUT2D eigenvalue weighted by Gasteiger charge is -2.70. The number of aliphatic hydroxyl groups excluding tert-OH is 2. The van der Waals surface area contributed by atoms with E-state index >= 15 is 0 Å². The van der Waals surface area contributed by atoms with Gasteiger partial charge in [-0.1, -0.05) is 76.8 Å². The molecule has 3 fully saturated rings. The van der Waals surface area contributed by atoms with Crippen LogP contribution in [0.4, 0.5) is 0 Å². The summed E-state index contributed by atoms with van der Waals surface area (Å²) in [4.78, 5) is 24.6. The highest BCUT2D eigenvalue weighted by Gasteiger charge is 2.74. The summed E-state index contributed by atoms with van der Waals surface area (Å²) in [5.74, 6) is -0.778. The molecule has 0 bridgehead atoms. The first-order valence-electron chi connectivity index (χ1n) is 18.6. The van der Waals surface area contributed by atoms with E-state index < -0.39 is 35.2 Å². The van der Waals surface area contributed by atoms with Crippen molar-refractivity contribution in [2.24, 2.45) is 34.5 Å². The third-order valence-electron chi connectivity index (χ3n) is 13.1. The Morgan fingerprint density at radius 2 is 1.79 bits per heavy atom. The van der Waals surface area contributed by atoms with E-state index in [0.29, 0.717) is 43.9 Å². The van der Waals surface area contributed by atoms with Gasteiger partial charge in [0.05, 0.1) is 23.2 Å². The molecule has 1 heterocycles. The monoisotopic (exact) mass is 652 g/mol. The molecule has 1 aromatic carbocycles. The van der Waals surface area contributed by atoms with Gasteiger partial charge in [-0.2, -0.15) is 0 Å². The molecule has 9 atom stereocenters. The van der Waals surface area contributed by atoms with Crippen molar-refractivity contribution < 1.29 is 34.4 Å². The molecule has 0 radical (unpaired) electrons. The molecule has 0 amide bonds. The second-order valence-electron chi connectivity index (χ2n) is 16.0. The molecule has 4 aliphatic rings. The Hall–Kier alpha value is -2.22. The fourth-order valence-corrected chi connectivity index (χ4v) is 10.8. The molecule has 0 aromatic heterocycles. The lowest BCUT2D eigenvalue weighted by atomic mass is 9.37. The van der Waals surface area contributed by atoms with E-state index in [9.17, 15) is 24.9 Å². The van der Waals surface area contributed by atoms with Crippen molar-refractivity contribution in [3.8, 4) is 0 Å². The second kappa shape index (κ2) is 15.1. The molecular weight excluding hydrogens is 592 g/mol. The topological polar surface area (TPSA) is 113 Å². The smallest absolute Gasteiger partial charge is 0.331 e. The Morgan fingerprint density at radius 1 is 1.06 bits per heavy atom. The molecule has 7 nitrogen and oxygen atoms in total. The van der Waals surface area contributed by atoms with Gasteiger partial charge in [0.1, 0.15) is 12.7 Å². The summed E-state index contributed by atoms with van der Waals surface area (Å²) in [6, 6.07) is 10.5. The Bertz CT molecular complexity index is 1240. The van der Waals surface area contributed by atoms with Gasteiger partial charge < -0.3 is 24.8 Å². The van der Waals surface area contributed by atoms with Crippen molar-refractivity contribution in [2.45, 2.75) is 148 Å². The quantitative estimate of drug-likeness (QED) is 0.195. The average Bonchev–Trinajstić information content (AvgIpc) is 3.48. The molecule has 1 aromatic rings. The van der Waals surface area contributed by atoms with Crippen LogP contribution in [-0.4, -0.2) is 57.8 Å². The van der Waals surface area contributed by atoms with Crippen LogP contribution in [0, 0.1) is 34.5 Å². The maximum Gasteiger partial charge on any atom is 0.331 e. The van der Waals surface area contributed by atoms with Gasteiger partial charge in [-0.25, -0.2) is 4.79 Å². The number of cyclic esters (lactones) is 1. The molecule has 3 saturated carbocycles. The zero-order valence-corrected chi connectivity index (χ0v) is 29.3. The second-order valence-corrected chi connectivity index (χ2v) is 16.0. The third kappa shape index (κ3) is 7.23. The Labute approximate surface area is 282 Å². The minimum atomic E-state index is -1.45. The fourth-order valence-electron chi connectivity index (χ4n) is 10.8. The van der Waals surface area contributed by atoms with Gasteiger partial charge in [-0.15, -0.1) is 0 Å². The molecule has 262 valence electrons. The largest absolute Gasteiger partial charge is 0.462 e. The molecule has 0 spiro atoms. The SMILES string of the molecule is CC(=O)O[C@@H]1C[C@H](C)[C@](O)(CCC2=CC(=O)OC2)[C@]2([C@@H](O)CC[C@H](C)CCCc3ccccc3)C1[C@](C)(C1CCCCC1)CC[C@H]2O. The highest BCUT2D eigenvalue weighted by Crippen LogP contribution is 2.69. The summed E-state index contributed by atoms with van der Waals surface area (Å²) in [6.07, 6.45) is 11.5. The van der Waals surface area contributed by atoms with Crippen molar-refractivity contribution >= 4 is 11.9 Å². The van der Waals surface area contributed by atoms with E-state index in [4.69, 9.17) is 9.47 Å². The molecule has 0 saturated heterocycles. The van der Waals surface area contributed by atoms with Crippen molar-refractivity contribution in [1.82, 2.24) is 0 Å². The number of ether oxygens (including phenoxy) is 2. The predicted molar refractivity (Wildman–Crippen MR) is 182 cm³/mol. The third-order valence-corrected chi connectivity index (χ3v) is 13.1. The van der Waals surface area contributed by atoms with Crippen molar-refractivity contribution in [2.75, 3.05) is 6.61 Å². The number of hydrogen-bond acceptors (Lipinski definition) is 7. The zero-order chi connectivity index (χ0) is 33.8. The van der Waals surface area contributed by atoms with Crippen LogP contribution in [0.5, 0.6) is 0 Å². The molecule has 3 N–H and O–H groups in total. The number of benzene rings is 1. The lowest BCUT2D eigenvalue weighted by Crippen LogP contribution is -2.77. The first kappa shape index (κ1) is 36.1. The Kier molecular flexibility index (Phi) is 11.6. The molecule has 3 aliphatic carbocycles. The number of carbonyl (C=O) groups excluding carboxylic acids is 2. The van der Waals surface area contributed by atoms with Crippen LogP contribution in [-0.2, 0) is 25.5 Å². The highest BCUT2D eigenvalue weighted by molar-refractivity contribution is 5.85. The van der Waals surface area contributed by atoms with Gasteiger partial charge in [0.15, 0.2) is 0 Å². The Balaban J connectivity index is 1.50. The van der Waals surface area contributed by atoms with Crippen molar-refractivity contribution in [3.63, 3.8) is 0 Å². The normalized spacial score (nSPS) is 35.8. The average molecular weight is 653 g/mol. The van der Waals surface area contributed by atoms with E-state index in [0.717, 1.165) is 63.4 Å². The first-order chi connectivity index (χ1) is 22.4. The van der Waals surface area contributed by atoms with E-state index in [1.54, 1.807) is 0 Å². The van der Waals surface area contributed by atoms with Gasteiger partial charge >= 0.3 is 11.9 Å². The van der Waals surface area contributed by atoms with Crippen molar-refractivity contribution in [1.29, 1.82) is 0 Å². The van der Waals surface area contributed by atoms with E-state index in [2.05, 4.69) is 38.1 Å². The van der Waals surface area contributed by atoms with Crippen LogP contribution in [0.1, 0.15) is 123 Å². The van der Waals surface area contributed by atoms with E-state index in [1.807, 2.05) is 13.0 Å². The highest BCUT2D eigenvalue weighted by atomic mass is 16.5. The van der Waals surface area contributed by atoms with Crippen molar-refractivity contribution in [3.05, 3.63) is 47.5 Å². The number of hydrogen-bond donors (Lipinski definition) is 3. The van der Waals surface area contributed by atoms with Gasteiger partial charge in [-0.05, 0) is 105 Å². The first-order valence-corrected chi connectivity index (χ1v) is 18.6. The lowest BCUT2D eigenvalue weighted by molar-refractivity contribution is -0.327. The number of aliphatic hydroxyl groups is 3. The summed E-state index contributed by atoms with van der Waals surface area (Å²) >= 11 is 0. The maximum absolute atomic E-state index is 13.3. The van der Waals surface area contributed by atoms with Crippen LogP contribution in [0.25, 0.3) is 0 Å². The van der Waals surface area contributed by atoms with Crippen LogP contribution in [0.2, 0.25) is 0 Å². The zero-order valence-electron chi connectivity index (χ0n) is 29.3. The van der Waals surface area contributed by atoms with Crippen LogP contribution < -0.4 is 0 Å². The molecule has 5 rings (SSSR count). The summed E-state index contributed by atoms with van der Waals surface area (Å²) in [5, 5.41) is 38.3. The number of aryl methyl sites for hydroxylation is 1. The standard InChI is InChI=1S/C40H60O7/c1-27(12-11-15-30-13-7-5-8-14-30)18-19-34(42)40-35(43)21-22-38(4,32-16-9-6-10-17-32)37(40)33(47-29(3)41)24-28(2)39(40,45)23-20-31-25-36(44)46-26-31/h5,7-8,13-14,25,27-28,32-35,37,42-43,45H,6,9-12,15-24,26H2,1-4H3/t27-,28+,33-,34+,35-,37?,38+,39-,40+/m1/s1.